The third-order valence-electron chi connectivity index (χ3n) is 19.8. The number of benzene rings is 3. The molecule has 0 saturated carbocycles. The molecule has 104 heavy (non-hydrogen) atoms. The van der Waals surface area contributed by atoms with E-state index in [9.17, 15) is 38.7 Å². The topological polar surface area (TPSA) is 328 Å². The Morgan fingerprint density at radius 2 is 0.990 bits per heavy atom. The molecule has 2 aliphatic heterocycles. The summed E-state index contributed by atoms with van der Waals surface area (Å²) in [6.07, 6.45) is 0.0474. The zero-order valence-electron chi connectivity index (χ0n) is 64.2. The van der Waals surface area contributed by atoms with E-state index in [1.54, 1.807) is 144 Å². The SMILES string of the molecule is CC(C)C[C@H]1C(=O)N[C@@H](C(C)C)C(=O)N[C@H](C(=O)N(C)C(Cc2ccccc2)C(=O)N(C)[C@@H](Cc2ccccc2)C(=O)N[C@@H](C)C(=O)N2CCCCC2)CC(=O)N[C@H](C(C)C)C(=O)N(C)[C@@H](C)C(=O)N(C)[C@@H](Cc2ccccc2)C(=O)N(C)[C@@H](CC(C)C)C(=O)N[C@@H]([C@@H](C)O)C(=O)N(C)CC(=O)N1C. The van der Waals surface area contributed by atoms with Crippen molar-refractivity contribution in [3.63, 3.8) is 0 Å². The second-order valence-electron chi connectivity index (χ2n) is 29.7. The Morgan fingerprint density at radius 1 is 0.519 bits per heavy atom. The molecule has 27 heteroatoms. The predicted octanol–water partition coefficient (Wildman–Crippen LogP) is 2.80. The molecule has 0 aromatic heterocycles. The summed E-state index contributed by atoms with van der Waals surface area (Å²) in [5, 5.41) is 24.9. The van der Waals surface area contributed by atoms with Gasteiger partial charge in [-0.05, 0) is 93.2 Å². The smallest absolute Gasteiger partial charge is 0.248 e. The van der Waals surface area contributed by atoms with Crippen molar-refractivity contribution in [1.82, 2.24) is 65.8 Å². The van der Waals surface area contributed by atoms with Crippen molar-refractivity contribution in [2.24, 2.45) is 23.7 Å². The lowest BCUT2D eigenvalue weighted by Gasteiger charge is -2.38. The molecule has 572 valence electrons. The van der Waals surface area contributed by atoms with Crippen LogP contribution in [0, 0.1) is 23.7 Å². The first kappa shape index (κ1) is 85.4. The highest BCUT2D eigenvalue weighted by Gasteiger charge is 2.44. The van der Waals surface area contributed by atoms with E-state index in [0.29, 0.717) is 29.8 Å². The van der Waals surface area contributed by atoms with Gasteiger partial charge in [0.1, 0.15) is 66.5 Å². The number of aliphatic hydroxyl groups is 1. The largest absolute Gasteiger partial charge is 0.391 e. The molecule has 1 unspecified atom stereocenters. The number of nitrogens with zero attached hydrogens (tertiary/aromatic N) is 8. The number of likely N-dealkylation sites (tertiary alicyclic amines) is 1. The van der Waals surface area contributed by atoms with Gasteiger partial charge in [-0.25, -0.2) is 0 Å². The molecular formula is C77H115N13O14. The Hall–Kier alpha value is -9.27. The van der Waals surface area contributed by atoms with E-state index < -0.39 is 168 Å². The second kappa shape index (κ2) is 39.6. The van der Waals surface area contributed by atoms with Crippen LogP contribution in [-0.4, -0.2) is 263 Å². The Kier molecular flexibility index (Phi) is 32.5. The summed E-state index contributed by atoms with van der Waals surface area (Å²) < 4.78 is 0. The molecule has 0 spiro atoms. The van der Waals surface area contributed by atoms with Gasteiger partial charge < -0.3 is 70.9 Å². The van der Waals surface area contributed by atoms with Crippen LogP contribution in [0.2, 0.25) is 0 Å². The van der Waals surface area contributed by atoms with Gasteiger partial charge in [0, 0.05) is 81.7 Å². The molecule has 2 aliphatic rings. The summed E-state index contributed by atoms with van der Waals surface area (Å²) in [6, 6.07) is 11.1. The summed E-state index contributed by atoms with van der Waals surface area (Å²) in [5.74, 6) is -11.9. The van der Waals surface area contributed by atoms with Gasteiger partial charge in [0.25, 0.3) is 0 Å². The highest BCUT2D eigenvalue weighted by Crippen LogP contribution is 2.23. The van der Waals surface area contributed by atoms with Gasteiger partial charge >= 0.3 is 0 Å². The molecule has 0 radical (unpaired) electrons. The fourth-order valence-corrected chi connectivity index (χ4v) is 13.1. The van der Waals surface area contributed by atoms with E-state index >= 15 is 28.8 Å². The molecule has 13 amide bonds. The Labute approximate surface area is 614 Å². The normalized spacial score (nSPS) is 23.0. The van der Waals surface area contributed by atoms with Crippen molar-refractivity contribution in [2.75, 3.05) is 69.0 Å². The first-order valence-electron chi connectivity index (χ1n) is 36.3. The van der Waals surface area contributed by atoms with E-state index in [4.69, 9.17) is 0 Å². The molecule has 5 rings (SSSR count). The molecule has 2 heterocycles. The molecule has 27 nitrogen and oxygen atoms in total. The van der Waals surface area contributed by atoms with E-state index in [2.05, 4.69) is 26.6 Å². The Bertz CT molecular complexity index is 3440. The lowest BCUT2D eigenvalue weighted by Crippen LogP contribution is -2.62. The fourth-order valence-electron chi connectivity index (χ4n) is 13.1. The van der Waals surface area contributed by atoms with Crippen LogP contribution in [0.5, 0.6) is 0 Å². The van der Waals surface area contributed by atoms with Crippen LogP contribution >= 0.6 is 0 Å². The van der Waals surface area contributed by atoms with Crippen LogP contribution in [0.25, 0.3) is 0 Å². The molecule has 6 N–H and O–H groups in total. The minimum Gasteiger partial charge on any atom is -0.391 e. The van der Waals surface area contributed by atoms with Crippen molar-refractivity contribution in [3.8, 4) is 0 Å². The highest BCUT2D eigenvalue weighted by atomic mass is 16.3. The van der Waals surface area contributed by atoms with Crippen molar-refractivity contribution < 1.29 is 67.4 Å². The molecule has 3 aromatic rings. The maximum Gasteiger partial charge on any atom is 0.248 e. The van der Waals surface area contributed by atoms with Gasteiger partial charge in [0.05, 0.1) is 19.1 Å². The van der Waals surface area contributed by atoms with Gasteiger partial charge in [0.15, 0.2) is 0 Å². The number of piperidine rings is 1. The summed E-state index contributed by atoms with van der Waals surface area (Å²) in [5.41, 5.74) is 1.89. The zero-order valence-corrected chi connectivity index (χ0v) is 64.2. The highest BCUT2D eigenvalue weighted by molar-refractivity contribution is 6.01. The second-order valence-corrected chi connectivity index (χ2v) is 29.7. The Morgan fingerprint density at radius 3 is 1.48 bits per heavy atom. The molecule has 3 aromatic carbocycles. The molecule has 2 saturated heterocycles. The standard InChI is InChI=1S/C77H115N13O14/c1-46(2)39-57-68(95)81-64(48(5)6)70(97)79-56(73(100)89(18)61(43-55-35-27-21-28-36-55)75(102)87(16)59(41-53-31-23-19-24-32-53)67(94)78-50(9)71(98)90-37-29-22-30-38-90)44-62(92)80-65(49(7)8)77(104)84(13)51(10)72(99)88(17)60(42-54-33-25-20-26-34-54)74(101)86(15)58(40-47(3)4)69(96)82-66(52(11)91)76(103)83(12)45-63(93)85(57)14/h19-21,23-28,31-36,46-52,56-61,64-66,91H,22,29-30,37-45H2,1-18H3,(H,78,94)(H,79,97)(H,80,92)(H,81,95)(H,82,96)/t50-,51-,52+,56-,57-,58-,59-,60-,61?,64-,65+,66-/m0/s1. The molecular weight excluding hydrogens is 1330 g/mol. The third kappa shape index (κ3) is 23.4. The lowest BCUT2D eigenvalue weighted by atomic mass is 9.97. The maximum absolute atomic E-state index is 15.8. The van der Waals surface area contributed by atoms with Gasteiger partial charge in [-0.3, -0.25) is 62.3 Å². The van der Waals surface area contributed by atoms with Crippen LogP contribution in [0.4, 0.5) is 0 Å². The van der Waals surface area contributed by atoms with Gasteiger partial charge in [-0.1, -0.05) is 146 Å². The number of hydrogen-bond acceptors (Lipinski definition) is 14. The fraction of sp³-hybridized carbons (Fsp3) is 0.597. The number of amides is 13. The number of likely N-dealkylation sites (N-methyl/N-ethyl adjacent to an activating group) is 7. The van der Waals surface area contributed by atoms with Crippen molar-refractivity contribution in [2.45, 2.75) is 207 Å². The number of aliphatic hydroxyl groups excluding tert-OH is 1. The van der Waals surface area contributed by atoms with Crippen molar-refractivity contribution >= 4 is 76.8 Å². The van der Waals surface area contributed by atoms with Crippen LogP contribution in [-0.2, 0) is 81.6 Å². The van der Waals surface area contributed by atoms with E-state index in [-0.39, 0.29) is 49.8 Å². The number of hydrogen-bond donors (Lipinski definition) is 6. The first-order chi connectivity index (χ1) is 48.9. The summed E-state index contributed by atoms with van der Waals surface area (Å²) >= 11 is 0. The average Bonchev–Trinajstić information content (AvgIpc) is 0.812. The van der Waals surface area contributed by atoms with Crippen LogP contribution in [0.15, 0.2) is 91.0 Å². The number of rotatable bonds is 20. The quantitative estimate of drug-likeness (QED) is 0.0948. The monoisotopic (exact) mass is 1450 g/mol. The summed E-state index contributed by atoms with van der Waals surface area (Å²) in [4.78, 5) is 203. The van der Waals surface area contributed by atoms with Gasteiger partial charge in [-0.2, -0.15) is 0 Å². The number of carbonyl (C=O) groups excluding carboxylic acids is 13. The third-order valence-corrected chi connectivity index (χ3v) is 19.8. The molecule has 2 fully saturated rings. The zero-order chi connectivity index (χ0) is 77.7. The van der Waals surface area contributed by atoms with E-state index in [1.807, 2.05) is 13.8 Å². The minimum atomic E-state index is -1.87. The van der Waals surface area contributed by atoms with Crippen molar-refractivity contribution in [3.05, 3.63) is 108 Å². The number of nitrogens with one attached hydrogen (secondary N) is 5. The lowest BCUT2D eigenvalue weighted by molar-refractivity contribution is -0.152. The minimum absolute atomic E-state index is 0.0139. The van der Waals surface area contributed by atoms with E-state index in [0.717, 1.165) is 38.9 Å². The Balaban J connectivity index is 1.66. The molecule has 12 atom stereocenters. The first-order valence-corrected chi connectivity index (χ1v) is 36.3. The van der Waals surface area contributed by atoms with Gasteiger partial charge in [0.2, 0.25) is 76.8 Å². The summed E-state index contributed by atoms with van der Waals surface area (Å²) in [6.45, 7) is 18.5. The maximum atomic E-state index is 15.8. The molecule has 0 bridgehead atoms. The van der Waals surface area contributed by atoms with Crippen LogP contribution in [0.1, 0.15) is 131 Å². The number of carbonyl (C=O) groups is 13. The van der Waals surface area contributed by atoms with Crippen LogP contribution in [0.3, 0.4) is 0 Å². The van der Waals surface area contributed by atoms with Crippen molar-refractivity contribution in [1.29, 1.82) is 0 Å². The van der Waals surface area contributed by atoms with Crippen LogP contribution < -0.4 is 26.6 Å². The summed E-state index contributed by atoms with van der Waals surface area (Å²) in [7, 11) is 9.51. The average molecular weight is 1450 g/mol. The predicted molar refractivity (Wildman–Crippen MR) is 394 cm³/mol. The van der Waals surface area contributed by atoms with Gasteiger partial charge in [-0.15, -0.1) is 0 Å². The molecule has 0 aliphatic carbocycles. The van der Waals surface area contributed by atoms with E-state index in [1.165, 1.54) is 77.9 Å².